The number of nitrogens with zero attached hydrogens (tertiary/aromatic N) is 2. The van der Waals surface area contributed by atoms with Gasteiger partial charge < -0.3 is 0 Å². The van der Waals surface area contributed by atoms with Crippen molar-refractivity contribution in [1.82, 2.24) is 5.06 Å². The van der Waals surface area contributed by atoms with Gasteiger partial charge in [-0.2, -0.15) is 10.3 Å². The molecule has 14 heavy (non-hydrogen) atoms. The van der Waals surface area contributed by atoms with Crippen LogP contribution in [0.2, 0.25) is 0 Å². The highest BCUT2D eigenvalue weighted by molar-refractivity contribution is 5.22. The van der Waals surface area contributed by atoms with E-state index in [1.165, 1.54) is 0 Å². The first-order chi connectivity index (χ1) is 6.83. The predicted molar refractivity (Wildman–Crippen MR) is 52.0 cm³/mol. The lowest BCUT2D eigenvalue weighted by Gasteiger charge is -2.19. The first kappa shape index (κ1) is 9.20. The first-order valence-corrected chi connectivity index (χ1v) is 4.63. The lowest BCUT2D eigenvalue weighted by atomic mass is 9.96. The van der Waals surface area contributed by atoms with Crippen LogP contribution >= 0.6 is 0 Å². The Hall–Kier alpha value is -1.37. The molecular weight excluding hydrogens is 176 g/mol. The lowest BCUT2D eigenvalue weighted by Crippen LogP contribution is -2.19. The fourth-order valence-corrected chi connectivity index (χ4v) is 1.82. The van der Waals surface area contributed by atoms with E-state index < -0.39 is 0 Å². The van der Waals surface area contributed by atoms with Crippen LogP contribution in [0.3, 0.4) is 0 Å². The predicted octanol–water partition coefficient (Wildman–Crippen LogP) is 1.74. The molecule has 0 aliphatic carbocycles. The topological polar surface area (TPSA) is 36.3 Å². The lowest BCUT2D eigenvalue weighted by molar-refractivity contribution is -0.110. The Labute approximate surface area is 83.5 Å². The van der Waals surface area contributed by atoms with Gasteiger partial charge in [0.05, 0.1) is 24.6 Å². The quantitative estimate of drug-likeness (QED) is 0.673. The number of hydrogen-bond acceptors (Lipinski definition) is 3. The van der Waals surface area contributed by atoms with Crippen molar-refractivity contribution in [2.24, 2.45) is 5.92 Å². The van der Waals surface area contributed by atoms with E-state index in [1.54, 1.807) is 5.06 Å². The van der Waals surface area contributed by atoms with Crippen molar-refractivity contribution in [1.29, 1.82) is 5.26 Å². The highest BCUT2D eigenvalue weighted by Gasteiger charge is 2.34. The summed E-state index contributed by atoms with van der Waals surface area (Å²) in [5.41, 5.74) is 1.14. The van der Waals surface area contributed by atoms with Crippen LogP contribution in [0.15, 0.2) is 30.3 Å². The molecule has 0 N–H and O–H groups in total. The zero-order valence-corrected chi connectivity index (χ0v) is 8.05. The van der Waals surface area contributed by atoms with E-state index >= 15 is 0 Å². The van der Waals surface area contributed by atoms with Gasteiger partial charge in [-0.3, -0.25) is 4.84 Å². The zero-order chi connectivity index (χ0) is 9.97. The Morgan fingerprint density at radius 3 is 2.79 bits per heavy atom. The number of benzene rings is 1. The third-order valence-electron chi connectivity index (χ3n) is 2.54. The van der Waals surface area contributed by atoms with Crippen molar-refractivity contribution in [3.63, 3.8) is 0 Å². The van der Waals surface area contributed by atoms with Crippen molar-refractivity contribution >= 4 is 0 Å². The molecule has 1 aromatic carbocycles. The van der Waals surface area contributed by atoms with Crippen LogP contribution in [0.4, 0.5) is 0 Å². The maximum Gasteiger partial charge on any atom is 0.0936 e. The summed E-state index contributed by atoms with van der Waals surface area (Å²) in [5.74, 6) is -0.0672. The molecule has 1 aliphatic rings. The highest BCUT2D eigenvalue weighted by atomic mass is 16.7. The largest absolute Gasteiger partial charge is 0.297 e. The second-order valence-corrected chi connectivity index (χ2v) is 3.43. The zero-order valence-electron chi connectivity index (χ0n) is 8.05. The van der Waals surface area contributed by atoms with E-state index in [4.69, 9.17) is 10.1 Å². The molecule has 2 rings (SSSR count). The van der Waals surface area contributed by atoms with Gasteiger partial charge >= 0.3 is 0 Å². The molecule has 1 fully saturated rings. The molecule has 1 aliphatic heterocycles. The van der Waals surface area contributed by atoms with E-state index in [2.05, 4.69) is 6.07 Å². The van der Waals surface area contributed by atoms with Crippen LogP contribution in [0.5, 0.6) is 0 Å². The highest BCUT2D eigenvalue weighted by Crippen LogP contribution is 2.32. The van der Waals surface area contributed by atoms with Crippen LogP contribution in [-0.2, 0) is 4.84 Å². The summed E-state index contributed by atoms with van der Waals surface area (Å²) in [5, 5.41) is 10.7. The minimum Gasteiger partial charge on any atom is -0.297 e. The van der Waals surface area contributed by atoms with Gasteiger partial charge in [0.2, 0.25) is 0 Å². The molecule has 72 valence electrons. The Bertz CT molecular complexity index is 344. The maximum atomic E-state index is 8.96. The molecule has 3 heteroatoms. The van der Waals surface area contributed by atoms with E-state index in [0.717, 1.165) is 5.56 Å². The standard InChI is InChI=1S/C11H12N2O/c1-13-11(10(7-12)8-14-13)9-5-3-2-4-6-9/h2-6,10-11H,8H2,1H3/t10-,11+/m0/s1. The summed E-state index contributed by atoms with van der Waals surface area (Å²) in [6.07, 6.45) is 0. The molecule has 0 radical (unpaired) electrons. The normalized spacial score (nSPS) is 27.4. The third-order valence-corrected chi connectivity index (χ3v) is 2.54. The van der Waals surface area contributed by atoms with Gasteiger partial charge in [-0.05, 0) is 5.56 Å². The van der Waals surface area contributed by atoms with Gasteiger partial charge in [0, 0.05) is 7.05 Å². The van der Waals surface area contributed by atoms with E-state index in [0.29, 0.717) is 6.61 Å². The van der Waals surface area contributed by atoms with Gasteiger partial charge in [0.15, 0.2) is 0 Å². The summed E-state index contributed by atoms with van der Waals surface area (Å²) >= 11 is 0. The van der Waals surface area contributed by atoms with E-state index in [1.807, 2.05) is 37.4 Å². The molecule has 0 aromatic heterocycles. The van der Waals surface area contributed by atoms with Crippen LogP contribution in [0.25, 0.3) is 0 Å². The van der Waals surface area contributed by atoms with Crippen LogP contribution in [0.1, 0.15) is 11.6 Å². The molecule has 0 amide bonds. The molecule has 1 aromatic rings. The van der Waals surface area contributed by atoms with E-state index in [9.17, 15) is 0 Å². The van der Waals surface area contributed by atoms with Crippen LogP contribution in [0, 0.1) is 17.2 Å². The minimum atomic E-state index is -0.0672. The van der Waals surface area contributed by atoms with Crippen LogP contribution < -0.4 is 0 Å². The smallest absolute Gasteiger partial charge is 0.0936 e. The Kier molecular flexibility index (Phi) is 2.49. The molecule has 3 nitrogen and oxygen atoms in total. The van der Waals surface area contributed by atoms with Crippen molar-refractivity contribution in [2.45, 2.75) is 6.04 Å². The molecule has 1 saturated heterocycles. The monoisotopic (exact) mass is 188 g/mol. The summed E-state index contributed by atoms with van der Waals surface area (Å²) in [6, 6.07) is 12.3. The van der Waals surface area contributed by atoms with Gasteiger partial charge in [0.1, 0.15) is 0 Å². The molecule has 0 unspecified atom stereocenters. The second-order valence-electron chi connectivity index (χ2n) is 3.43. The number of hydrogen-bond donors (Lipinski definition) is 0. The first-order valence-electron chi connectivity index (χ1n) is 4.63. The SMILES string of the molecule is CN1OC[C@H](C#N)[C@H]1c1ccccc1. The van der Waals surface area contributed by atoms with Crippen molar-refractivity contribution in [3.05, 3.63) is 35.9 Å². The molecule has 1 heterocycles. The molecule has 0 bridgehead atoms. The number of nitriles is 1. The van der Waals surface area contributed by atoms with Gasteiger partial charge in [-0.15, -0.1) is 0 Å². The fourth-order valence-electron chi connectivity index (χ4n) is 1.82. The van der Waals surface area contributed by atoms with Gasteiger partial charge in [-0.25, -0.2) is 0 Å². The molecule has 2 atom stereocenters. The van der Waals surface area contributed by atoms with Crippen molar-refractivity contribution < 1.29 is 4.84 Å². The van der Waals surface area contributed by atoms with Crippen molar-refractivity contribution in [2.75, 3.05) is 13.7 Å². The summed E-state index contributed by atoms with van der Waals surface area (Å²) < 4.78 is 0. The summed E-state index contributed by atoms with van der Waals surface area (Å²) in [7, 11) is 1.87. The summed E-state index contributed by atoms with van der Waals surface area (Å²) in [4.78, 5) is 5.33. The number of hydroxylamine groups is 2. The summed E-state index contributed by atoms with van der Waals surface area (Å²) in [6.45, 7) is 0.493. The van der Waals surface area contributed by atoms with Crippen molar-refractivity contribution in [3.8, 4) is 6.07 Å². The number of rotatable bonds is 1. The minimum absolute atomic E-state index is 0.0672. The van der Waals surface area contributed by atoms with Gasteiger partial charge in [-0.1, -0.05) is 30.3 Å². The molecule has 0 saturated carbocycles. The maximum absolute atomic E-state index is 8.96. The Balaban J connectivity index is 2.29. The van der Waals surface area contributed by atoms with Crippen LogP contribution in [-0.4, -0.2) is 18.7 Å². The Morgan fingerprint density at radius 2 is 2.14 bits per heavy atom. The average molecular weight is 188 g/mol. The molecule has 0 spiro atoms. The third kappa shape index (κ3) is 1.50. The van der Waals surface area contributed by atoms with Gasteiger partial charge in [0.25, 0.3) is 0 Å². The fraction of sp³-hybridized carbons (Fsp3) is 0.364. The van der Waals surface area contributed by atoms with E-state index in [-0.39, 0.29) is 12.0 Å². The molecular formula is C11H12N2O. The average Bonchev–Trinajstić information content (AvgIpc) is 2.61. The second kappa shape index (κ2) is 3.79. The Morgan fingerprint density at radius 1 is 1.43 bits per heavy atom.